The Bertz CT molecular complexity index is 1940. The van der Waals surface area contributed by atoms with Crippen molar-refractivity contribution in [3.63, 3.8) is 0 Å². The highest BCUT2D eigenvalue weighted by molar-refractivity contribution is 6.04. The molecule has 8 nitrogen and oxygen atoms in total. The van der Waals surface area contributed by atoms with E-state index < -0.39 is 35.6 Å². The zero-order valence-corrected chi connectivity index (χ0v) is 27.3. The molecule has 2 N–H and O–H groups in total. The fraction of sp³-hybridized carbons (Fsp3) is 0.0698. The molecule has 0 unspecified atom stereocenters. The van der Waals surface area contributed by atoms with Crippen molar-refractivity contribution in [2.75, 3.05) is 10.6 Å². The highest BCUT2D eigenvalue weighted by Crippen LogP contribution is 2.30. The fourth-order valence-electron chi connectivity index (χ4n) is 6.18. The summed E-state index contributed by atoms with van der Waals surface area (Å²) < 4.78 is 0. The van der Waals surface area contributed by atoms with Crippen molar-refractivity contribution in [1.29, 1.82) is 0 Å². The number of carboxylic acids is 2. The van der Waals surface area contributed by atoms with Gasteiger partial charge in [-0.2, -0.15) is 0 Å². The predicted octanol–water partition coefficient (Wildman–Crippen LogP) is 5.55. The van der Waals surface area contributed by atoms with Crippen LogP contribution in [0.4, 0.5) is 11.4 Å². The Morgan fingerprint density at radius 3 is 1.00 bits per heavy atom. The first-order chi connectivity index (χ1) is 24.8. The van der Waals surface area contributed by atoms with Gasteiger partial charge in [-0.1, -0.05) is 146 Å². The minimum absolute atomic E-state index is 0.0582. The summed E-state index contributed by atoms with van der Waals surface area (Å²) in [6.07, 6.45) is 0.216. The van der Waals surface area contributed by atoms with Crippen molar-refractivity contribution in [3.05, 3.63) is 202 Å². The Morgan fingerprint density at radius 1 is 0.431 bits per heavy atom. The summed E-state index contributed by atoms with van der Waals surface area (Å²) >= 11 is 0. The van der Waals surface area contributed by atoms with Gasteiger partial charge in [-0.15, -0.1) is 0 Å². The summed E-state index contributed by atoms with van der Waals surface area (Å²) in [5, 5.41) is 29.9. The SMILES string of the molecule is O=C([O-])c1ccc(Cc2ccc(C(=O)[O-])c(NC(=O)C(c3ccccc3)c3ccccc3)c2)cc1NC(=O)C(c1ccccc1)c1ccccc1. The quantitative estimate of drug-likeness (QED) is 0.175. The topological polar surface area (TPSA) is 138 Å². The third kappa shape index (κ3) is 8.09. The van der Waals surface area contributed by atoms with Crippen LogP contribution < -0.4 is 20.8 Å². The van der Waals surface area contributed by atoms with Gasteiger partial charge < -0.3 is 30.4 Å². The zero-order chi connectivity index (χ0) is 35.7. The van der Waals surface area contributed by atoms with Crippen LogP contribution >= 0.6 is 0 Å². The Labute approximate surface area is 295 Å². The van der Waals surface area contributed by atoms with E-state index in [2.05, 4.69) is 10.6 Å². The van der Waals surface area contributed by atoms with Crippen LogP contribution in [0.2, 0.25) is 0 Å². The molecule has 0 bridgehead atoms. The maximum absolute atomic E-state index is 13.8. The van der Waals surface area contributed by atoms with Crippen LogP contribution in [-0.2, 0) is 16.0 Å². The van der Waals surface area contributed by atoms with Gasteiger partial charge in [0.2, 0.25) is 11.8 Å². The Morgan fingerprint density at radius 2 is 0.725 bits per heavy atom. The summed E-state index contributed by atoms with van der Waals surface area (Å²) in [6.45, 7) is 0. The minimum atomic E-state index is -1.46. The molecule has 8 heteroatoms. The van der Waals surface area contributed by atoms with Gasteiger partial charge in [0.05, 0.1) is 35.1 Å². The number of benzene rings is 6. The number of hydrogen-bond acceptors (Lipinski definition) is 6. The number of carboxylic acid groups (broad SMARTS) is 2. The normalized spacial score (nSPS) is 10.9. The lowest BCUT2D eigenvalue weighted by molar-refractivity contribution is -0.256. The molecular formula is C43H32N2O6-2. The van der Waals surface area contributed by atoms with Gasteiger partial charge in [0.15, 0.2) is 0 Å². The van der Waals surface area contributed by atoms with Crippen LogP contribution in [0.3, 0.4) is 0 Å². The standard InChI is InChI=1S/C43H34N2O6/c46-40(38(30-13-5-1-6-14-30)31-15-7-2-8-16-31)44-36-26-28(21-23-34(36)42(48)49)25-29-22-24-35(43(50)51)37(27-29)45-41(47)39(32-17-9-3-10-18-32)33-19-11-4-12-20-33/h1-24,26-27,38-39H,25H2,(H,44,46)(H,45,47)(H,48,49)(H,50,51)/p-2. The van der Waals surface area contributed by atoms with Gasteiger partial charge in [0, 0.05) is 11.1 Å². The number of aromatic carboxylic acids is 2. The summed E-state index contributed by atoms with van der Waals surface area (Å²) in [5.41, 5.74) is 3.90. The second-order valence-electron chi connectivity index (χ2n) is 12.0. The van der Waals surface area contributed by atoms with E-state index >= 15 is 0 Å². The first kappa shape index (κ1) is 34.1. The van der Waals surface area contributed by atoms with Crippen molar-refractivity contribution in [2.24, 2.45) is 0 Å². The number of nitrogens with one attached hydrogen (secondary N) is 2. The zero-order valence-electron chi connectivity index (χ0n) is 27.3. The van der Waals surface area contributed by atoms with E-state index in [0.717, 1.165) is 22.3 Å². The summed E-state index contributed by atoms with van der Waals surface area (Å²) in [4.78, 5) is 51.9. The van der Waals surface area contributed by atoms with Gasteiger partial charge in [0.25, 0.3) is 0 Å². The molecule has 252 valence electrons. The Balaban J connectivity index is 1.30. The summed E-state index contributed by atoms with van der Waals surface area (Å²) in [6, 6.07) is 45.8. The number of rotatable bonds is 12. The average molecular weight is 673 g/mol. The Hall–Kier alpha value is -6.80. The lowest BCUT2D eigenvalue weighted by Crippen LogP contribution is -2.27. The van der Waals surface area contributed by atoms with Crippen LogP contribution in [0.1, 0.15) is 65.9 Å². The molecule has 0 saturated carbocycles. The van der Waals surface area contributed by atoms with Gasteiger partial charge in [-0.25, -0.2) is 0 Å². The van der Waals surface area contributed by atoms with Crippen molar-refractivity contribution in [1.82, 2.24) is 0 Å². The highest BCUT2D eigenvalue weighted by atomic mass is 16.4. The van der Waals surface area contributed by atoms with Crippen LogP contribution in [0, 0.1) is 0 Å². The smallest absolute Gasteiger partial charge is 0.236 e. The van der Waals surface area contributed by atoms with Crippen LogP contribution in [0.15, 0.2) is 158 Å². The molecule has 0 atom stereocenters. The monoisotopic (exact) mass is 672 g/mol. The molecule has 6 rings (SSSR count). The molecule has 0 aliphatic rings. The summed E-state index contributed by atoms with van der Waals surface area (Å²) in [5.74, 6) is -5.21. The molecule has 0 saturated heterocycles. The molecule has 0 aliphatic heterocycles. The van der Waals surface area contributed by atoms with Gasteiger partial charge in [-0.05, 0) is 51.9 Å². The largest absolute Gasteiger partial charge is 0.545 e. The molecule has 0 heterocycles. The number of hydrogen-bond donors (Lipinski definition) is 2. The number of anilines is 2. The molecule has 0 radical (unpaired) electrons. The summed E-state index contributed by atoms with van der Waals surface area (Å²) in [7, 11) is 0. The maximum atomic E-state index is 13.8. The predicted molar refractivity (Wildman–Crippen MR) is 191 cm³/mol. The second-order valence-corrected chi connectivity index (χ2v) is 12.0. The van der Waals surface area contributed by atoms with Gasteiger partial charge in [0.1, 0.15) is 0 Å². The minimum Gasteiger partial charge on any atom is -0.545 e. The lowest BCUT2D eigenvalue weighted by atomic mass is 9.90. The van der Waals surface area contributed by atoms with E-state index in [1.165, 1.54) is 12.1 Å². The first-order valence-corrected chi connectivity index (χ1v) is 16.3. The molecule has 6 aromatic carbocycles. The molecule has 0 aliphatic carbocycles. The molecule has 51 heavy (non-hydrogen) atoms. The average Bonchev–Trinajstić information content (AvgIpc) is 3.13. The van der Waals surface area contributed by atoms with Crippen molar-refractivity contribution >= 4 is 35.1 Å². The third-order valence-corrected chi connectivity index (χ3v) is 8.59. The van der Waals surface area contributed by atoms with Crippen molar-refractivity contribution in [3.8, 4) is 0 Å². The van der Waals surface area contributed by atoms with E-state index in [1.54, 1.807) is 24.3 Å². The molecule has 0 spiro atoms. The molecule has 0 aromatic heterocycles. The van der Waals surface area contributed by atoms with Crippen LogP contribution in [-0.4, -0.2) is 23.8 Å². The fourth-order valence-corrected chi connectivity index (χ4v) is 6.18. The molecule has 6 aromatic rings. The van der Waals surface area contributed by atoms with Crippen LogP contribution in [0.25, 0.3) is 0 Å². The number of carbonyl (C=O) groups is 4. The maximum Gasteiger partial charge on any atom is 0.236 e. The third-order valence-electron chi connectivity index (χ3n) is 8.59. The number of carbonyl (C=O) groups excluding carboxylic acids is 4. The van der Waals surface area contributed by atoms with Crippen molar-refractivity contribution in [2.45, 2.75) is 18.3 Å². The van der Waals surface area contributed by atoms with Crippen molar-refractivity contribution < 1.29 is 29.4 Å². The number of amides is 2. The van der Waals surface area contributed by atoms with Crippen LogP contribution in [0.5, 0.6) is 0 Å². The van der Waals surface area contributed by atoms with E-state index in [9.17, 15) is 29.4 Å². The highest BCUT2D eigenvalue weighted by Gasteiger charge is 2.25. The Kier molecular flexibility index (Phi) is 10.4. The van der Waals surface area contributed by atoms with E-state index in [1.807, 2.05) is 121 Å². The van der Waals surface area contributed by atoms with E-state index in [-0.39, 0.29) is 28.9 Å². The van der Waals surface area contributed by atoms with Gasteiger partial charge in [-0.3, -0.25) is 9.59 Å². The molecule has 0 fully saturated rings. The van der Waals surface area contributed by atoms with E-state index in [0.29, 0.717) is 11.1 Å². The molecular weight excluding hydrogens is 640 g/mol. The first-order valence-electron chi connectivity index (χ1n) is 16.3. The lowest BCUT2D eigenvalue weighted by Gasteiger charge is -2.21. The molecule has 2 amide bonds. The second kappa shape index (κ2) is 15.6. The van der Waals surface area contributed by atoms with E-state index in [4.69, 9.17) is 0 Å². The van der Waals surface area contributed by atoms with Gasteiger partial charge >= 0.3 is 0 Å².